The minimum atomic E-state index is -0.803. The lowest BCUT2D eigenvalue weighted by Gasteiger charge is -2.30. The maximum atomic E-state index is 13.3. The van der Waals surface area contributed by atoms with E-state index >= 15 is 0 Å². The maximum absolute atomic E-state index is 13.3. The average molecular weight is 628 g/mol. The number of alkyl carbamates (subject to hydrolysis) is 1. The van der Waals surface area contributed by atoms with Crippen LogP contribution in [-0.2, 0) is 30.3 Å². The zero-order valence-electron chi connectivity index (χ0n) is 26.5. The summed E-state index contributed by atoms with van der Waals surface area (Å²) in [7, 11) is 1.24. The van der Waals surface area contributed by atoms with Crippen LogP contribution in [0.15, 0.2) is 66.7 Å². The van der Waals surface area contributed by atoms with Gasteiger partial charge >= 0.3 is 6.09 Å². The first-order chi connectivity index (χ1) is 22.1. The molecule has 2 fully saturated rings. The van der Waals surface area contributed by atoms with Crippen LogP contribution in [0, 0.1) is 5.92 Å². The van der Waals surface area contributed by atoms with Gasteiger partial charge in [-0.3, -0.25) is 19.2 Å². The standard InChI is InChI=1S/C35H41N5O6/c1-22(2)31(38-35(45)46-3)34(44)40-18-8-12-29(40)33(43)37-27-16-14-24-20-26(15-13-25(24)21-27)36-32(42)28-11-7-17-39(28)30(41)19-23-9-5-4-6-10-23/h4-6,9-10,13-16,20-22,28-29,31H,7-8,11-12,17-19H2,1-3H3,(H,36,42)(H,37,43)(H,38,45)/t28-,29-,31-/m0/s1. The van der Waals surface area contributed by atoms with Gasteiger partial charge in [-0.2, -0.15) is 0 Å². The smallest absolute Gasteiger partial charge is 0.407 e. The van der Waals surface area contributed by atoms with Crippen LogP contribution >= 0.6 is 0 Å². The van der Waals surface area contributed by atoms with Gasteiger partial charge < -0.3 is 30.5 Å². The van der Waals surface area contributed by atoms with Crippen molar-refractivity contribution in [1.82, 2.24) is 15.1 Å². The molecule has 0 bridgehead atoms. The van der Waals surface area contributed by atoms with E-state index in [9.17, 15) is 24.0 Å². The Bertz CT molecular complexity index is 1610. The molecule has 0 unspecified atom stereocenters. The number of nitrogens with one attached hydrogen (secondary N) is 3. The average Bonchev–Trinajstić information content (AvgIpc) is 3.75. The number of carbonyl (C=O) groups excluding carboxylic acids is 5. The number of amides is 5. The van der Waals surface area contributed by atoms with Crippen LogP contribution in [0.5, 0.6) is 0 Å². The zero-order valence-corrected chi connectivity index (χ0v) is 26.5. The van der Waals surface area contributed by atoms with Crippen LogP contribution in [0.4, 0.5) is 16.2 Å². The maximum Gasteiger partial charge on any atom is 0.407 e. The number of methoxy groups -OCH3 is 1. The number of benzene rings is 3. The molecule has 0 radical (unpaired) electrons. The Morgan fingerprint density at radius 3 is 1.87 bits per heavy atom. The number of nitrogens with zero attached hydrogens (tertiary/aromatic N) is 2. The van der Waals surface area contributed by atoms with Gasteiger partial charge in [0.15, 0.2) is 0 Å². The fraction of sp³-hybridized carbons (Fsp3) is 0.400. The minimum absolute atomic E-state index is 0.0559. The van der Waals surface area contributed by atoms with E-state index < -0.39 is 24.2 Å². The monoisotopic (exact) mass is 627 g/mol. The number of likely N-dealkylation sites (tertiary alicyclic amines) is 2. The van der Waals surface area contributed by atoms with E-state index in [2.05, 4.69) is 20.7 Å². The molecular weight excluding hydrogens is 586 g/mol. The normalized spacial score (nSPS) is 18.3. The predicted octanol–water partition coefficient (Wildman–Crippen LogP) is 4.32. The molecule has 11 nitrogen and oxygen atoms in total. The molecule has 5 amide bonds. The molecule has 242 valence electrons. The lowest BCUT2D eigenvalue weighted by Crippen LogP contribution is -2.54. The molecule has 3 N–H and O–H groups in total. The Labute approximate surface area is 268 Å². The van der Waals surface area contributed by atoms with E-state index in [1.807, 2.05) is 68.4 Å². The summed E-state index contributed by atoms with van der Waals surface area (Å²) in [5.41, 5.74) is 2.13. The number of carbonyl (C=O) groups is 5. The molecular formula is C35H41N5O6. The van der Waals surface area contributed by atoms with Crippen molar-refractivity contribution in [1.29, 1.82) is 0 Å². The summed E-state index contributed by atoms with van der Waals surface area (Å²) < 4.78 is 4.68. The van der Waals surface area contributed by atoms with Gasteiger partial charge in [0.05, 0.1) is 13.5 Å². The van der Waals surface area contributed by atoms with Gasteiger partial charge in [0.1, 0.15) is 18.1 Å². The lowest BCUT2D eigenvalue weighted by molar-refractivity contribution is -0.139. The lowest BCUT2D eigenvalue weighted by atomic mass is 10.0. The summed E-state index contributed by atoms with van der Waals surface area (Å²) in [5, 5.41) is 10.2. The molecule has 2 saturated heterocycles. The predicted molar refractivity (Wildman–Crippen MR) is 175 cm³/mol. The Hall–Kier alpha value is -4.93. The molecule has 5 rings (SSSR count). The third-order valence-electron chi connectivity index (χ3n) is 8.68. The highest BCUT2D eigenvalue weighted by Crippen LogP contribution is 2.27. The van der Waals surface area contributed by atoms with Gasteiger partial charge in [0.2, 0.25) is 23.6 Å². The Balaban J connectivity index is 1.21. The molecule has 3 aromatic carbocycles. The highest BCUT2D eigenvalue weighted by atomic mass is 16.5. The van der Waals surface area contributed by atoms with Crippen LogP contribution in [-0.4, -0.2) is 77.8 Å². The summed E-state index contributed by atoms with van der Waals surface area (Å²) >= 11 is 0. The molecule has 0 spiro atoms. The molecule has 3 atom stereocenters. The van der Waals surface area contributed by atoms with Gasteiger partial charge in [-0.25, -0.2) is 4.79 Å². The van der Waals surface area contributed by atoms with Crippen molar-refractivity contribution in [3.05, 3.63) is 72.3 Å². The number of ether oxygens (including phenoxy) is 1. The molecule has 0 aromatic heterocycles. The second kappa shape index (κ2) is 14.4. The molecule has 2 aliphatic rings. The van der Waals surface area contributed by atoms with Crippen molar-refractivity contribution < 1.29 is 28.7 Å². The van der Waals surface area contributed by atoms with Crippen molar-refractivity contribution in [3.63, 3.8) is 0 Å². The SMILES string of the molecule is COC(=O)N[C@H](C(=O)N1CCC[C@H]1C(=O)Nc1ccc2cc(NC(=O)[C@@H]3CCCN3C(=O)Cc3ccccc3)ccc2c1)C(C)C. The number of anilines is 2. The third kappa shape index (κ3) is 7.47. The first kappa shape index (κ1) is 32.5. The van der Waals surface area contributed by atoms with Crippen molar-refractivity contribution in [2.75, 3.05) is 30.8 Å². The van der Waals surface area contributed by atoms with Crippen molar-refractivity contribution in [2.45, 2.75) is 64.1 Å². The third-order valence-corrected chi connectivity index (χ3v) is 8.68. The number of fused-ring (bicyclic) bond motifs is 1. The molecule has 0 aliphatic carbocycles. The summed E-state index contributed by atoms with van der Waals surface area (Å²) in [6, 6.07) is 18.6. The first-order valence-electron chi connectivity index (χ1n) is 15.8. The minimum Gasteiger partial charge on any atom is -0.453 e. The highest BCUT2D eigenvalue weighted by molar-refractivity contribution is 6.02. The van der Waals surface area contributed by atoms with Crippen molar-refractivity contribution in [3.8, 4) is 0 Å². The molecule has 2 heterocycles. The van der Waals surface area contributed by atoms with Crippen LogP contribution in [0.1, 0.15) is 45.1 Å². The van der Waals surface area contributed by atoms with Crippen molar-refractivity contribution in [2.24, 2.45) is 5.92 Å². The zero-order chi connectivity index (χ0) is 32.8. The van der Waals surface area contributed by atoms with Gasteiger partial charge in [-0.1, -0.05) is 56.3 Å². The Kier molecular flexibility index (Phi) is 10.2. The first-order valence-corrected chi connectivity index (χ1v) is 15.8. The summed E-state index contributed by atoms with van der Waals surface area (Å²) in [6.45, 7) is 4.64. The fourth-order valence-electron chi connectivity index (χ4n) is 6.24. The van der Waals surface area contributed by atoms with Crippen LogP contribution in [0.3, 0.4) is 0 Å². The fourth-order valence-corrected chi connectivity index (χ4v) is 6.24. The number of hydrogen-bond donors (Lipinski definition) is 3. The number of rotatable bonds is 9. The second-order valence-electron chi connectivity index (χ2n) is 12.2. The van der Waals surface area contributed by atoms with E-state index in [1.165, 1.54) is 12.0 Å². The molecule has 46 heavy (non-hydrogen) atoms. The van der Waals surface area contributed by atoms with Crippen LogP contribution < -0.4 is 16.0 Å². The van der Waals surface area contributed by atoms with Gasteiger partial charge in [0.25, 0.3) is 0 Å². The summed E-state index contributed by atoms with van der Waals surface area (Å²) in [6.07, 6.45) is 2.17. The largest absolute Gasteiger partial charge is 0.453 e. The summed E-state index contributed by atoms with van der Waals surface area (Å²) in [4.78, 5) is 67.9. The van der Waals surface area contributed by atoms with E-state index in [1.54, 1.807) is 17.0 Å². The van der Waals surface area contributed by atoms with Gasteiger partial charge in [0, 0.05) is 24.5 Å². The summed E-state index contributed by atoms with van der Waals surface area (Å²) in [5.74, 6) is -1.06. The molecule has 11 heteroatoms. The van der Waals surface area contributed by atoms with E-state index in [0.717, 1.165) is 22.8 Å². The van der Waals surface area contributed by atoms with E-state index in [-0.39, 0.29) is 36.0 Å². The van der Waals surface area contributed by atoms with Gasteiger partial charge in [-0.05, 0) is 72.2 Å². The molecule has 3 aromatic rings. The van der Waals surface area contributed by atoms with E-state index in [0.29, 0.717) is 43.7 Å². The number of hydrogen-bond acceptors (Lipinski definition) is 6. The van der Waals surface area contributed by atoms with E-state index in [4.69, 9.17) is 0 Å². The quantitative estimate of drug-likeness (QED) is 0.323. The topological polar surface area (TPSA) is 137 Å². The van der Waals surface area contributed by atoms with Crippen LogP contribution in [0.2, 0.25) is 0 Å². The highest BCUT2D eigenvalue weighted by Gasteiger charge is 2.39. The Morgan fingerprint density at radius 1 is 0.783 bits per heavy atom. The second-order valence-corrected chi connectivity index (χ2v) is 12.2. The molecule has 0 saturated carbocycles. The molecule has 2 aliphatic heterocycles. The van der Waals surface area contributed by atoms with Gasteiger partial charge in [-0.15, -0.1) is 0 Å². The van der Waals surface area contributed by atoms with Crippen molar-refractivity contribution >= 4 is 51.9 Å². The van der Waals surface area contributed by atoms with Crippen LogP contribution in [0.25, 0.3) is 10.8 Å². The Morgan fingerprint density at radius 2 is 1.33 bits per heavy atom.